The minimum atomic E-state index is -0.213. The number of aromatic nitrogens is 1. The second kappa shape index (κ2) is 7.38. The molecule has 0 bridgehead atoms. The molecule has 1 aliphatic rings. The predicted octanol–water partition coefficient (Wildman–Crippen LogP) is 3.14. The van der Waals surface area contributed by atoms with Gasteiger partial charge in [0.05, 0.1) is 12.6 Å². The molecule has 1 aliphatic heterocycles. The molecule has 0 radical (unpaired) electrons. The van der Waals surface area contributed by atoms with Gasteiger partial charge >= 0.3 is 6.03 Å². The molecule has 2 N–H and O–H groups in total. The number of amides is 2. The van der Waals surface area contributed by atoms with Crippen molar-refractivity contribution in [3.63, 3.8) is 0 Å². The number of carbonyl (C=O) groups is 1. The van der Waals surface area contributed by atoms with E-state index < -0.39 is 0 Å². The lowest BCUT2D eigenvalue weighted by Crippen LogP contribution is -2.36. The van der Waals surface area contributed by atoms with Gasteiger partial charge in [-0.05, 0) is 44.4 Å². The number of benzene rings is 1. The average Bonchev–Trinajstić information content (AvgIpc) is 3.24. The van der Waals surface area contributed by atoms with E-state index in [-0.39, 0.29) is 12.1 Å². The Labute approximate surface area is 142 Å². The number of anilines is 1. The summed E-state index contributed by atoms with van der Waals surface area (Å²) in [5.74, 6) is 0.735. The monoisotopic (exact) mass is 328 g/mol. The molecule has 1 saturated heterocycles. The summed E-state index contributed by atoms with van der Waals surface area (Å²) >= 11 is 0. The minimum absolute atomic E-state index is 0.0633. The molecule has 1 fully saturated rings. The van der Waals surface area contributed by atoms with E-state index in [9.17, 15) is 4.79 Å². The van der Waals surface area contributed by atoms with Gasteiger partial charge in [-0.3, -0.25) is 0 Å². The maximum Gasteiger partial charge on any atom is 0.315 e. The molecule has 2 aromatic rings. The van der Waals surface area contributed by atoms with Crippen molar-refractivity contribution in [2.45, 2.75) is 39.3 Å². The summed E-state index contributed by atoms with van der Waals surface area (Å²) in [5.41, 5.74) is 3.05. The second-order valence-corrected chi connectivity index (χ2v) is 6.27. The molecular weight excluding hydrogens is 304 g/mol. The van der Waals surface area contributed by atoms with Crippen LogP contribution in [-0.2, 0) is 6.54 Å². The Kier molecular flexibility index (Phi) is 5.03. The van der Waals surface area contributed by atoms with Crippen LogP contribution in [0.1, 0.15) is 42.8 Å². The molecule has 1 atom stereocenters. The van der Waals surface area contributed by atoms with Crippen molar-refractivity contribution in [2.24, 2.45) is 0 Å². The lowest BCUT2D eigenvalue weighted by Gasteiger charge is -2.20. The fraction of sp³-hybridized carbons (Fsp3) is 0.444. The lowest BCUT2D eigenvalue weighted by molar-refractivity contribution is 0.237. The number of nitrogens with zero attached hydrogens (tertiary/aromatic N) is 2. The summed E-state index contributed by atoms with van der Waals surface area (Å²) in [6.45, 7) is 6.39. The van der Waals surface area contributed by atoms with E-state index in [1.807, 2.05) is 26.0 Å². The summed E-state index contributed by atoms with van der Waals surface area (Å²) in [6.07, 6.45) is 2.50. The second-order valence-electron chi connectivity index (χ2n) is 6.27. The van der Waals surface area contributed by atoms with Crippen molar-refractivity contribution >= 4 is 11.7 Å². The average molecular weight is 328 g/mol. The van der Waals surface area contributed by atoms with Gasteiger partial charge in [0.25, 0.3) is 0 Å². The van der Waals surface area contributed by atoms with Crippen molar-refractivity contribution in [1.29, 1.82) is 0 Å². The van der Waals surface area contributed by atoms with Gasteiger partial charge < -0.3 is 20.1 Å². The molecule has 3 rings (SSSR count). The van der Waals surface area contributed by atoms with E-state index in [4.69, 9.17) is 4.52 Å². The number of aryl methyl sites for hydroxylation is 1. The van der Waals surface area contributed by atoms with Crippen LogP contribution < -0.4 is 15.5 Å². The largest absolute Gasteiger partial charge is 0.372 e. The van der Waals surface area contributed by atoms with Crippen LogP contribution in [0.4, 0.5) is 10.5 Å². The van der Waals surface area contributed by atoms with Crippen molar-refractivity contribution < 1.29 is 9.32 Å². The van der Waals surface area contributed by atoms with E-state index in [1.165, 1.54) is 18.5 Å². The zero-order valence-corrected chi connectivity index (χ0v) is 14.2. The highest BCUT2D eigenvalue weighted by atomic mass is 16.5. The Hall–Kier alpha value is -2.50. The summed E-state index contributed by atoms with van der Waals surface area (Å²) in [4.78, 5) is 14.4. The van der Waals surface area contributed by atoms with E-state index in [0.717, 1.165) is 24.4 Å². The van der Waals surface area contributed by atoms with Gasteiger partial charge in [-0.25, -0.2) is 4.79 Å². The molecule has 2 amide bonds. The molecule has 2 heterocycles. The quantitative estimate of drug-likeness (QED) is 0.884. The van der Waals surface area contributed by atoms with E-state index in [2.05, 4.69) is 38.9 Å². The minimum Gasteiger partial charge on any atom is -0.372 e. The van der Waals surface area contributed by atoms with Crippen LogP contribution in [0.2, 0.25) is 0 Å². The maximum absolute atomic E-state index is 12.1. The van der Waals surface area contributed by atoms with Gasteiger partial charge in [0.15, 0.2) is 0 Å². The zero-order valence-electron chi connectivity index (χ0n) is 14.2. The maximum atomic E-state index is 12.1. The first-order valence-corrected chi connectivity index (χ1v) is 8.43. The van der Waals surface area contributed by atoms with Gasteiger partial charge in [0, 0.05) is 24.8 Å². The standard InChI is InChI=1S/C18H24N4O2/c1-13-10-16(21-24-13)12-19-18(23)20-14(2)15-6-5-7-17(11-15)22-8-3-4-9-22/h5-7,10-11,14H,3-4,8-9,12H2,1-2H3,(H2,19,20,23)/t14-/m1/s1. The number of nitrogens with one attached hydrogen (secondary N) is 2. The number of hydrogen-bond acceptors (Lipinski definition) is 4. The first-order valence-electron chi connectivity index (χ1n) is 8.43. The zero-order chi connectivity index (χ0) is 16.9. The fourth-order valence-electron chi connectivity index (χ4n) is 2.97. The smallest absolute Gasteiger partial charge is 0.315 e. The summed E-state index contributed by atoms with van der Waals surface area (Å²) in [7, 11) is 0. The van der Waals surface area contributed by atoms with Crippen LogP contribution in [0.3, 0.4) is 0 Å². The summed E-state index contributed by atoms with van der Waals surface area (Å²) in [5, 5.41) is 9.62. The molecule has 128 valence electrons. The first-order chi connectivity index (χ1) is 11.6. The molecule has 0 unspecified atom stereocenters. The molecule has 6 heteroatoms. The van der Waals surface area contributed by atoms with Gasteiger partial charge in [-0.1, -0.05) is 17.3 Å². The van der Waals surface area contributed by atoms with Crippen LogP contribution in [0.5, 0.6) is 0 Å². The van der Waals surface area contributed by atoms with Gasteiger partial charge in [0.1, 0.15) is 11.5 Å². The molecule has 1 aromatic heterocycles. The topological polar surface area (TPSA) is 70.4 Å². The van der Waals surface area contributed by atoms with Crippen LogP contribution in [0.15, 0.2) is 34.9 Å². The Morgan fingerprint density at radius 1 is 1.33 bits per heavy atom. The van der Waals surface area contributed by atoms with Crippen molar-refractivity contribution in [3.8, 4) is 0 Å². The van der Waals surface area contributed by atoms with Crippen molar-refractivity contribution in [1.82, 2.24) is 15.8 Å². The number of hydrogen-bond donors (Lipinski definition) is 2. The predicted molar refractivity (Wildman–Crippen MR) is 92.9 cm³/mol. The van der Waals surface area contributed by atoms with Crippen LogP contribution in [0, 0.1) is 6.92 Å². The Balaban J connectivity index is 1.54. The normalized spacial score (nSPS) is 15.3. The lowest BCUT2D eigenvalue weighted by atomic mass is 10.1. The van der Waals surface area contributed by atoms with E-state index >= 15 is 0 Å². The Morgan fingerprint density at radius 2 is 2.12 bits per heavy atom. The molecular formula is C18H24N4O2. The molecule has 0 spiro atoms. The van der Waals surface area contributed by atoms with Crippen molar-refractivity contribution in [2.75, 3.05) is 18.0 Å². The number of carbonyl (C=O) groups excluding carboxylic acids is 1. The van der Waals surface area contributed by atoms with Gasteiger partial charge in [-0.15, -0.1) is 0 Å². The number of urea groups is 1. The van der Waals surface area contributed by atoms with Gasteiger partial charge in [0.2, 0.25) is 0 Å². The SMILES string of the molecule is Cc1cc(CNC(=O)N[C@H](C)c2cccc(N3CCCC3)c2)no1. The molecule has 0 aliphatic carbocycles. The third kappa shape index (κ3) is 4.07. The van der Waals surface area contributed by atoms with Gasteiger partial charge in [-0.2, -0.15) is 0 Å². The first kappa shape index (κ1) is 16.4. The van der Waals surface area contributed by atoms with Crippen molar-refractivity contribution in [3.05, 3.63) is 47.3 Å². The highest BCUT2D eigenvalue weighted by molar-refractivity contribution is 5.74. The highest BCUT2D eigenvalue weighted by Crippen LogP contribution is 2.23. The molecule has 24 heavy (non-hydrogen) atoms. The molecule has 6 nitrogen and oxygen atoms in total. The van der Waals surface area contributed by atoms with Crippen LogP contribution >= 0.6 is 0 Å². The van der Waals surface area contributed by atoms with Crippen LogP contribution in [0.25, 0.3) is 0 Å². The Morgan fingerprint density at radius 3 is 2.83 bits per heavy atom. The van der Waals surface area contributed by atoms with E-state index in [0.29, 0.717) is 12.2 Å². The number of rotatable bonds is 5. The summed E-state index contributed by atoms with van der Waals surface area (Å²) < 4.78 is 4.98. The molecule has 0 saturated carbocycles. The fourth-order valence-corrected chi connectivity index (χ4v) is 2.97. The summed E-state index contributed by atoms with van der Waals surface area (Å²) in [6, 6.07) is 9.93. The van der Waals surface area contributed by atoms with E-state index in [1.54, 1.807) is 0 Å². The molecule has 1 aromatic carbocycles. The van der Waals surface area contributed by atoms with Crippen LogP contribution in [-0.4, -0.2) is 24.3 Å². The Bertz CT molecular complexity index is 692. The third-order valence-corrected chi connectivity index (χ3v) is 4.30. The third-order valence-electron chi connectivity index (χ3n) is 4.30. The highest BCUT2D eigenvalue weighted by Gasteiger charge is 2.15.